The van der Waals surface area contributed by atoms with Gasteiger partial charge in [-0.05, 0) is 30.2 Å². The Kier molecular flexibility index (Phi) is 4.35. The minimum Gasteiger partial charge on any atom is -0.465 e. The van der Waals surface area contributed by atoms with E-state index < -0.39 is 6.09 Å². The van der Waals surface area contributed by atoms with Gasteiger partial charge in [-0.25, -0.2) is 4.79 Å². The van der Waals surface area contributed by atoms with E-state index in [1.165, 1.54) is 0 Å². The number of carbonyl (C=O) groups excluding carboxylic acids is 1. The van der Waals surface area contributed by atoms with Crippen LogP contribution in [0.5, 0.6) is 0 Å². The molecule has 1 aromatic rings. The van der Waals surface area contributed by atoms with E-state index in [4.69, 9.17) is 5.11 Å². The fraction of sp³-hybridized carbons (Fsp3) is 0.467. The Morgan fingerprint density at radius 2 is 2.10 bits per heavy atom. The number of hydrogen-bond donors (Lipinski definition) is 4. The van der Waals surface area contributed by atoms with Gasteiger partial charge in [0.25, 0.3) is 5.91 Å². The van der Waals surface area contributed by atoms with Crippen LogP contribution in [0.15, 0.2) is 18.2 Å². The quantitative estimate of drug-likeness (QED) is 0.687. The lowest BCUT2D eigenvalue weighted by molar-refractivity contribution is 0.0963. The van der Waals surface area contributed by atoms with Crippen LogP contribution in [-0.4, -0.2) is 30.2 Å². The zero-order chi connectivity index (χ0) is 15.6. The van der Waals surface area contributed by atoms with Crippen LogP contribution in [0, 0.1) is 5.92 Å². The van der Waals surface area contributed by atoms with Crippen LogP contribution in [0.3, 0.4) is 0 Å². The SMILES string of the molecule is CC[C@@H]1Nc2ccc(C(=O)NC)cc2[C@H](NC(=O)O)[C@@H]1C. The van der Waals surface area contributed by atoms with Crippen LogP contribution in [0.1, 0.15) is 42.2 Å². The van der Waals surface area contributed by atoms with E-state index in [-0.39, 0.29) is 23.9 Å². The van der Waals surface area contributed by atoms with Crippen LogP contribution >= 0.6 is 0 Å². The molecule has 6 nitrogen and oxygen atoms in total. The van der Waals surface area contributed by atoms with Crippen LogP contribution in [-0.2, 0) is 0 Å². The van der Waals surface area contributed by atoms with Gasteiger partial charge in [0.05, 0.1) is 6.04 Å². The molecule has 3 atom stereocenters. The third-order valence-corrected chi connectivity index (χ3v) is 4.10. The summed E-state index contributed by atoms with van der Waals surface area (Å²) in [4.78, 5) is 22.8. The highest BCUT2D eigenvalue weighted by Gasteiger charge is 2.34. The molecule has 1 heterocycles. The van der Waals surface area contributed by atoms with Crippen molar-refractivity contribution in [3.63, 3.8) is 0 Å². The third kappa shape index (κ3) is 2.94. The number of anilines is 1. The molecule has 0 bridgehead atoms. The summed E-state index contributed by atoms with van der Waals surface area (Å²) in [5, 5.41) is 17.7. The Morgan fingerprint density at radius 1 is 1.38 bits per heavy atom. The summed E-state index contributed by atoms with van der Waals surface area (Å²) >= 11 is 0. The number of fused-ring (bicyclic) bond motifs is 1. The van der Waals surface area contributed by atoms with Crippen molar-refractivity contribution in [3.8, 4) is 0 Å². The fourth-order valence-corrected chi connectivity index (χ4v) is 2.90. The molecule has 114 valence electrons. The van der Waals surface area contributed by atoms with Gasteiger partial charge in [-0.2, -0.15) is 0 Å². The second-order valence-corrected chi connectivity index (χ2v) is 5.33. The van der Waals surface area contributed by atoms with Crippen LogP contribution < -0.4 is 16.0 Å². The first-order chi connectivity index (χ1) is 9.97. The van der Waals surface area contributed by atoms with E-state index in [1.807, 2.05) is 13.0 Å². The lowest BCUT2D eigenvalue weighted by Gasteiger charge is -2.38. The second-order valence-electron chi connectivity index (χ2n) is 5.33. The molecule has 4 N–H and O–H groups in total. The van der Waals surface area contributed by atoms with E-state index >= 15 is 0 Å². The summed E-state index contributed by atoms with van der Waals surface area (Å²) in [5.74, 6) is -0.0873. The molecule has 0 aromatic heterocycles. The molecule has 2 amide bonds. The molecule has 0 spiro atoms. The molecule has 0 unspecified atom stereocenters. The molecule has 0 fully saturated rings. The van der Waals surface area contributed by atoms with Crippen molar-refractivity contribution in [2.45, 2.75) is 32.4 Å². The number of rotatable bonds is 3. The second kappa shape index (κ2) is 6.03. The molecular weight excluding hydrogens is 270 g/mol. The summed E-state index contributed by atoms with van der Waals surface area (Å²) in [5.41, 5.74) is 2.22. The van der Waals surface area contributed by atoms with Gasteiger partial charge in [0.2, 0.25) is 0 Å². The third-order valence-electron chi connectivity index (χ3n) is 4.10. The topological polar surface area (TPSA) is 90.5 Å². The standard InChI is InChI=1S/C15H21N3O3/c1-4-11-8(2)13(18-15(20)21)10-7-9(14(19)16-3)5-6-12(10)17-11/h5-8,11,13,17-18H,4H2,1-3H3,(H,16,19)(H,20,21)/t8-,11+,13-/m1/s1. The van der Waals surface area contributed by atoms with E-state index in [9.17, 15) is 9.59 Å². The largest absolute Gasteiger partial charge is 0.465 e. The molecule has 1 aromatic carbocycles. The van der Waals surface area contributed by atoms with Crippen molar-refractivity contribution >= 4 is 17.7 Å². The summed E-state index contributed by atoms with van der Waals surface area (Å²) in [7, 11) is 1.57. The molecular formula is C15H21N3O3. The van der Waals surface area contributed by atoms with Gasteiger partial charge in [-0.1, -0.05) is 13.8 Å². The van der Waals surface area contributed by atoms with Crippen molar-refractivity contribution < 1.29 is 14.7 Å². The molecule has 21 heavy (non-hydrogen) atoms. The van der Waals surface area contributed by atoms with Gasteiger partial charge in [-0.3, -0.25) is 4.79 Å². The normalized spacial score (nSPS) is 23.7. The fourth-order valence-electron chi connectivity index (χ4n) is 2.90. The lowest BCUT2D eigenvalue weighted by atomic mass is 9.82. The number of carbonyl (C=O) groups is 2. The minimum absolute atomic E-state index is 0.0959. The summed E-state index contributed by atoms with van der Waals surface area (Å²) in [6, 6.07) is 5.20. The molecule has 6 heteroatoms. The van der Waals surface area contributed by atoms with Crippen molar-refractivity contribution in [2.75, 3.05) is 12.4 Å². The first-order valence-corrected chi connectivity index (χ1v) is 7.10. The molecule has 0 saturated heterocycles. The molecule has 0 saturated carbocycles. The summed E-state index contributed by atoms with van der Waals surface area (Å²) in [6.07, 6.45) is -0.157. The Bertz CT molecular complexity index is 559. The van der Waals surface area contributed by atoms with Gasteiger partial charge >= 0.3 is 6.09 Å². The van der Waals surface area contributed by atoms with E-state index in [1.54, 1.807) is 19.2 Å². The van der Waals surface area contributed by atoms with E-state index in [0.29, 0.717) is 5.56 Å². The van der Waals surface area contributed by atoms with Gasteiger partial charge in [0.1, 0.15) is 0 Å². The first kappa shape index (κ1) is 15.2. The Labute approximate surface area is 123 Å². The van der Waals surface area contributed by atoms with Gasteiger partial charge < -0.3 is 21.1 Å². The first-order valence-electron chi connectivity index (χ1n) is 7.10. The van der Waals surface area contributed by atoms with Crippen LogP contribution in [0.4, 0.5) is 10.5 Å². The van der Waals surface area contributed by atoms with E-state index in [2.05, 4.69) is 22.9 Å². The predicted octanol–water partition coefficient (Wildman–Crippen LogP) is 2.20. The summed E-state index contributed by atoms with van der Waals surface area (Å²) in [6.45, 7) is 4.08. The van der Waals surface area contributed by atoms with E-state index in [0.717, 1.165) is 17.7 Å². The maximum atomic E-state index is 11.8. The summed E-state index contributed by atoms with van der Waals surface area (Å²) < 4.78 is 0. The zero-order valence-corrected chi connectivity index (χ0v) is 12.4. The highest BCUT2D eigenvalue weighted by molar-refractivity contribution is 5.94. The monoisotopic (exact) mass is 291 g/mol. The lowest BCUT2D eigenvalue weighted by Crippen LogP contribution is -2.43. The average Bonchev–Trinajstić information content (AvgIpc) is 2.48. The van der Waals surface area contributed by atoms with Gasteiger partial charge in [-0.15, -0.1) is 0 Å². The van der Waals surface area contributed by atoms with Crippen molar-refractivity contribution in [3.05, 3.63) is 29.3 Å². The molecule has 0 aliphatic carbocycles. The van der Waals surface area contributed by atoms with Crippen molar-refractivity contribution in [1.82, 2.24) is 10.6 Å². The Hall–Kier alpha value is -2.24. The van der Waals surface area contributed by atoms with Crippen molar-refractivity contribution in [2.24, 2.45) is 5.92 Å². The maximum Gasteiger partial charge on any atom is 0.405 e. The highest BCUT2D eigenvalue weighted by Crippen LogP contribution is 2.38. The molecule has 1 aliphatic heterocycles. The number of benzene rings is 1. The minimum atomic E-state index is -1.06. The predicted molar refractivity (Wildman–Crippen MR) is 80.6 cm³/mol. The number of nitrogens with one attached hydrogen (secondary N) is 3. The van der Waals surface area contributed by atoms with Crippen molar-refractivity contribution in [1.29, 1.82) is 0 Å². The number of hydrogen-bond acceptors (Lipinski definition) is 3. The number of amides is 2. The van der Waals surface area contributed by atoms with Gasteiger partial charge in [0.15, 0.2) is 0 Å². The molecule has 2 rings (SSSR count). The Balaban J connectivity index is 2.45. The average molecular weight is 291 g/mol. The molecule has 0 radical (unpaired) electrons. The van der Waals surface area contributed by atoms with Gasteiger partial charge in [0, 0.05) is 30.3 Å². The highest BCUT2D eigenvalue weighted by atomic mass is 16.4. The number of carboxylic acid groups (broad SMARTS) is 1. The zero-order valence-electron chi connectivity index (χ0n) is 12.4. The maximum absolute atomic E-state index is 11.8. The molecule has 1 aliphatic rings. The van der Waals surface area contributed by atoms with Crippen LogP contribution in [0.2, 0.25) is 0 Å². The smallest absolute Gasteiger partial charge is 0.405 e. The Morgan fingerprint density at radius 3 is 2.67 bits per heavy atom. The van der Waals surface area contributed by atoms with Crippen LogP contribution in [0.25, 0.3) is 0 Å².